The lowest BCUT2D eigenvalue weighted by atomic mass is 10.0. The standard InChI is InChI=1S/C25H34N4O6S/c1-7-22(24(31)26-25(3,4)5)27(16-19-12-9-8-11-18(19)2)23(30)17-28(36(6,34)35)20-13-10-14-21(15-20)29(32)33/h8-15,22H,7,16-17H2,1-6H3,(H,26,31)/t22-/m0/s1. The van der Waals surface area contributed by atoms with E-state index in [9.17, 15) is 28.1 Å². The zero-order valence-corrected chi connectivity index (χ0v) is 22.3. The van der Waals surface area contributed by atoms with Gasteiger partial charge in [-0.3, -0.25) is 24.0 Å². The van der Waals surface area contributed by atoms with Gasteiger partial charge in [0.05, 0.1) is 16.9 Å². The van der Waals surface area contributed by atoms with Gasteiger partial charge in [-0.15, -0.1) is 0 Å². The summed E-state index contributed by atoms with van der Waals surface area (Å²) >= 11 is 0. The quantitative estimate of drug-likeness (QED) is 0.379. The number of anilines is 1. The first-order valence-corrected chi connectivity index (χ1v) is 13.4. The molecule has 196 valence electrons. The van der Waals surface area contributed by atoms with Crippen LogP contribution in [0.2, 0.25) is 0 Å². The van der Waals surface area contributed by atoms with Crippen molar-refractivity contribution in [3.05, 3.63) is 69.8 Å². The minimum Gasteiger partial charge on any atom is -0.350 e. The average molecular weight is 519 g/mol. The fraction of sp³-hybridized carbons (Fsp3) is 0.440. The molecule has 0 aromatic heterocycles. The van der Waals surface area contributed by atoms with Gasteiger partial charge in [0, 0.05) is 24.2 Å². The highest BCUT2D eigenvalue weighted by molar-refractivity contribution is 7.92. The number of nitrogens with zero attached hydrogens (tertiary/aromatic N) is 3. The molecule has 0 saturated carbocycles. The van der Waals surface area contributed by atoms with Crippen molar-refractivity contribution in [3.63, 3.8) is 0 Å². The van der Waals surface area contributed by atoms with Crippen LogP contribution in [0.4, 0.5) is 11.4 Å². The molecular formula is C25H34N4O6S. The van der Waals surface area contributed by atoms with Crippen LogP contribution in [0.1, 0.15) is 45.2 Å². The van der Waals surface area contributed by atoms with E-state index < -0.39 is 39.0 Å². The van der Waals surface area contributed by atoms with Gasteiger partial charge in [-0.05, 0) is 51.3 Å². The van der Waals surface area contributed by atoms with Crippen LogP contribution in [-0.2, 0) is 26.2 Å². The number of sulfonamides is 1. The van der Waals surface area contributed by atoms with E-state index in [0.717, 1.165) is 27.8 Å². The largest absolute Gasteiger partial charge is 0.350 e. The third-order valence-electron chi connectivity index (χ3n) is 5.49. The Bertz CT molecular complexity index is 1220. The summed E-state index contributed by atoms with van der Waals surface area (Å²) < 4.78 is 26.1. The van der Waals surface area contributed by atoms with Gasteiger partial charge >= 0.3 is 0 Å². The monoisotopic (exact) mass is 518 g/mol. The maximum atomic E-state index is 13.7. The lowest BCUT2D eigenvalue weighted by Gasteiger charge is -2.34. The van der Waals surface area contributed by atoms with E-state index >= 15 is 0 Å². The number of rotatable bonds is 10. The van der Waals surface area contributed by atoms with Crippen molar-refractivity contribution in [2.24, 2.45) is 0 Å². The maximum absolute atomic E-state index is 13.7. The minimum absolute atomic E-state index is 0.0110. The molecule has 10 nitrogen and oxygen atoms in total. The summed E-state index contributed by atoms with van der Waals surface area (Å²) in [5.74, 6) is -0.959. The van der Waals surface area contributed by atoms with E-state index in [4.69, 9.17) is 0 Å². The summed E-state index contributed by atoms with van der Waals surface area (Å²) in [4.78, 5) is 38.8. The molecule has 0 saturated heterocycles. The first kappa shape index (κ1) is 28.8. The summed E-state index contributed by atoms with van der Waals surface area (Å²) in [6.45, 7) is 8.63. The number of nitro benzene ring substituents is 1. The molecule has 2 aromatic carbocycles. The number of nitro groups is 1. The fourth-order valence-corrected chi connectivity index (χ4v) is 4.56. The number of amides is 2. The van der Waals surface area contributed by atoms with E-state index in [1.807, 2.05) is 52.0 Å². The summed E-state index contributed by atoms with van der Waals surface area (Å²) in [6.07, 6.45) is 1.23. The zero-order valence-electron chi connectivity index (χ0n) is 21.5. The lowest BCUT2D eigenvalue weighted by molar-refractivity contribution is -0.384. The molecule has 2 aromatic rings. The molecule has 0 fully saturated rings. The van der Waals surface area contributed by atoms with Crippen molar-refractivity contribution in [3.8, 4) is 0 Å². The molecular weight excluding hydrogens is 484 g/mol. The molecule has 2 amide bonds. The Labute approximate surface area is 212 Å². The number of benzene rings is 2. The highest BCUT2D eigenvalue weighted by Gasteiger charge is 2.33. The third kappa shape index (κ3) is 7.77. The molecule has 0 aliphatic rings. The van der Waals surface area contributed by atoms with Gasteiger partial charge in [-0.1, -0.05) is 37.3 Å². The smallest absolute Gasteiger partial charge is 0.271 e. The highest BCUT2D eigenvalue weighted by atomic mass is 32.2. The van der Waals surface area contributed by atoms with Crippen molar-refractivity contribution < 1.29 is 22.9 Å². The highest BCUT2D eigenvalue weighted by Crippen LogP contribution is 2.24. The second kappa shape index (κ2) is 11.5. The lowest BCUT2D eigenvalue weighted by Crippen LogP contribution is -2.55. The van der Waals surface area contributed by atoms with Crippen LogP contribution < -0.4 is 9.62 Å². The number of carbonyl (C=O) groups excluding carboxylic acids is 2. The summed E-state index contributed by atoms with van der Waals surface area (Å²) in [6, 6.07) is 11.6. The topological polar surface area (TPSA) is 130 Å². The summed E-state index contributed by atoms with van der Waals surface area (Å²) in [7, 11) is -3.99. The fourth-order valence-electron chi connectivity index (χ4n) is 3.72. The predicted octanol–water partition coefficient (Wildman–Crippen LogP) is 3.39. The second-order valence-corrected chi connectivity index (χ2v) is 11.6. The van der Waals surface area contributed by atoms with Crippen LogP contribution in [0.25, 0.3) is 0 Å². The van der Waals surface area contributed by atoms with Crippen LogP contribution in [-0.4, -0.2) is 54.4 Å². The van der Waals surface area contributed by atoms with Gasteiger partial charge in [-0.25, -0.2) is 8.42 Å². The number of hydrogen-bond donors (Lipinski definition) is 1. The van der Waals surface area contributed by atoms with Crippen molar-refractivity contribution in [1.29, 1.82) is 0 Å². The first-order valence-electron chi connectivity index (χ1n) is 11.5. The molecule has 0 spiro atoms. The molecule has 1 atom stereocenters. The van der Waals surface area contributed by atoms with Crippen molar-refractivity contribution >= 4 is 33.2 Å². The SMILES string of the molecule is CC[C@@H](C(=O)NC(C)(C)C)N(Cc1ccccc1C)C(=O)CN(c1cccc([N+](=O)[O-])c1)S(C)(=O)=O. The first-order chi connectivity index (χ1) is 16.6. The predicted molar refractivity (Wildman–Crippen MR) is 139 cm³/mol. The molecule has 0 unspecified atom stereocenters. The molecule has 2 rings (SSSR count). The van der Waals surface area contributed by atoms with E-state index in [0.29, 0.717) is 6.42 Å². The third-order valence-corrected chi connectivity index (χ3v) is 6.63. The van der Waals surface area contributed by atoms with Crippen LogP contribution in [0.15, 0.2) is 48.5 Å². The van der Waals surface area contributed by atoms with Crippen molar-refractivity contribution in [2.45, 2.75) is 59.2 Å². The maximum Gasteiger partial charge on any atom is 0.271 e. The van der Waals surface area contributed by atoms with Crippen LogP contribution in [0.3, 0.4) is 0 Å². The molecule has 36 heavy (non-hydrogen) atoms. The molecule has 0 radical (unpaired) electrons. The summed E-state index contributed by atoms with van der Waals surface area (Å²) in [5.41, 5.74) is 0.877. The Morgan fingerprint density at radius 3 is 2.28 bits per heavy atom. The second-order valence-electron chi connectivity index (χ2n) is 9.66. The summed E-state index contributed by atoms with van der Waals surface area (Å²) in [5, 5.41) is 14.1. The number of nitrogens with one attached hydrogen (secondary N) is 1. The number of hydrogen-bond acceptors (Lipinski definition) is 6. The van der Waals surface area contributed by atoms with Gasteiger partial charge < -0.3 is 10.2 Å². The molecule has 0 aliphatic carbocycles. The molecule has 0 aliphatic heterocycles. The molecule has 11 heteroatoms. The average Bonchev–Trinajstić information content (AvgIpc) is 2.76. The zero-order chi connectivity index (χ0) is 27.3. The number of aryl methyl sites for hydroxylation is 1. The Balaban J connectivity index is 2.51. The van der Waals surface area contributed by atoms with Crippen LogP contribution in [0.5, 0.6) is 0 Å². The Hall–Kier alpha value is -3.47. The van der Waals surface area contributed by atoms with Gasteiger partial charge in [0.15, 0.2) is 0 Å². The van der Waals surface area contributed by atoms with Gasteiger partial charge in [0.2, 0.25) is 21.8 Å². The molecule has 0 heterocycles. The van der Waals surface area contributed by atoms with E-state index in [-0.39, 0.29) is 23.8 Å². The van der Waals surface area contributed by atoms with E-state index in [1.54, 1.807) is 6.92 Å². The van der Waals surface area contributed by atoms with Crippen molar-refractivity contribution in [2.75, 3.05) is 17.1 Å². The Kier molecular flexibility index (Phi) is 9.20. The number of carbonyl (C=O) groups is 2. The van der Waals surface area contributed by atoms with E-state index in [2.05, 4.69) is 5.32 Å². The van der Waals surface area contributed by atoms with E-state index in [1.165, 1.54) is 23.1 Å². The van der Waals surface area contributed by atoms with Crippen LogP contribution >= 0.6 is 0 Å². The normalized spacial score (nSPS) is 12.5. The van der Waals surface area contributed by atoms with Gasteiger partial charge in [0.25, 0.3) is 5.69 Å². The van der Waals surface area contributed by atoms with Crippen LogP contribution in [0, 0.1) is 17.0 Å². The molecule has 1 N–H and O–H groups in total. The molecule has 0 bridgehead atoms. The Morgan fingerprint density at radius 2 is 1.75 bits per heavy atom. The van der Waals surface area contributed by atoms with Gasteiger partial charge in [0.1, 0.15) is 12.6 Å². The Morgan fingerprint density at radius 1 is 1.11 bits per heavy atom. The number of non-ortho nitro benzene ring substituents is 1. The van der Waals surface area contributed by atoms with Gasteiger partial charge in [-0.2, -0.15) is 0 Å². The minimum atomic E-state index is -3.99. The van der Waals surface area contributed by atoms with Crippen molar-refractivity contribution in [1.82, 2.24) is 10.2 Å².